The zero-order valence-corrected chi connectivity index (χ0v) is 17.2. The van der Waals surface area contributed by atoms with Gasteiger partial charge >= 0.3 is 0 Å². The highest BCUT2D eigenvalue weighted by Crippen LogP contribution is 2.47. The molecule has 1 saturated carbocycles. The van der Waals surface area contributed by atoms with E-state index in [4.69, 9.17) is 11.5 Å². The number of nitrogens with two attached hydrogens (primary N) is 2. The van der Waals surface area contributed by atoms with Gasteiger partial charge in [-0.15, -0.1) is 10.2 Å². The minimum Gasteiger partial charge on any atom is -0.397 e. The Balaban J connectivity index is 1.42. The van der Waals surface area contributed by atoms with Crippen LogP contribution in [0.1, 0.15) is 23.5 Å². The van der Waals surface area contributed by atoms with Gasteiger partial charge in [0.05, 0.1) is 23.8 Å². The number of nitrogens with one attached hydrogen (secondary N) is 1. The standard InChI is InChI=1S/C22H22N8O/c1-11-17(8-25-9-19(11)24)12-3-13-5-20(28-29-21(13)18(23)4-12)27-22(31)16-6-15(16)14-7-26-30(2)10-14/h3-5,7-10,15-16H,6,23-24H2,1-2H3,(H,27,28,31)/t15-,16+/m1/s1. The minimum absolute atomic E-state index is 0.0671. The van der Waals surface area contributed by atoms with E-state index >= 15 is 0 Å². The van der Waals surface area contributed by atoms with Crippen LogP contribution in [0.4, 0.5) is 17.2 Å². The molecule has 3 heterocycles. The van der Waals surface area contributed by atoms with Crippen LogP contribution in [0, 0.1) is 12.8 Å². The Kier molecular flexibility index (Phi) is 4.32. The SMILES string of the molecule is Cc1c(N)cncc1-c1cc(N)c2nnc(NC(=O)[C@H]3C[C@@H]3c3cnn(C)c3)cc2c1. The van der Waals surface area contributed by atoms with E-state index in [2.05, 4.69) is 25.6 Å². The summed E-state index contributed by atoms with van der Waals surface area (Å²) in [5.74, 6) is 0.443. The summed E-state index contributed by atoms with van der Waals surface area (Å²) < 4.78 is 1.75. The van der Waals surface area contributed by atoms with E-state index in [9.17, 15) is 4.79 Å². The molecular formula is C22H22N8O. The van der Waals surface area contributed by atoms with Gasteiger partial charge in [0.15, 0.2) is 5.82 Å². The van der Waals surface area contributed by atoms with E-state index in [1.807, 2.05) is 38.5 Å². The summed E-state index contributed by atoms with van der Waals surface area (Å²) in [5, 5.41) is 16.2. The average molecular weight is 414 g/mol. The lowest BCUT2D eigenvalue weighted by Crippen LogP contribution is -2.16. The van der Waals surface area contributed by atoms with Crippen LogP contribution < -0.4 is 16.8 Å². The first-order valence-corrected chi connectivity index (χ1v) is 9.97. The maximum Gasteiger partial charge on any atom is 0.229 e. The highest BCUT2D eigenvalue weighted by Gasteiger charge is 2.44. The Morgan fingerprint density at radius 2 is 1.97 bits per heavy atom. The molecule has 0 aliphatic heterocycles. The lowest BCUT2D eigenvalue weighted by atomic mass is 9.99. The van der Waals surface area contributed by atoms with E-state index in [-0.39, 0.29) is 17.7 Å². The van der Waals surface area contributed by atoms with Gasteiger partial charge in [-0.2, -0.15) is 5.10 Å². The van der Waals surface area contributed by atoms with Crippen molar-refractivity contribution in [3.05, 3.63) is 54.1 Å². The Labute approximate surface area is 178 Å². The van der Waals surface area contributed by atoms with Gasteiger partial charge in [-0.05, 0) is 54.2 Å². The van der Waals surface area contributed by atoms with Crippen molar-refractivity contribution >= 4 is 34.0 Å². The highest BCUT2D eigenvalue weighted by atomic mass is 16.2. The molecule has 5 rings (SSSR count). The van der Waals surface area contributed by atoms with Crippen LogP contribution in [0.15, 0.2) is 43.0 Å². The van der Waals surface area contributed by atoms with E-state index in [1.165, 1.54) is 0 Å². The monoisotopic (exact) mass is 414 g/mol. The third-order valence-electron chi connectivity index (χ3n) is 5.82. The van der Waals surface area contributed by atoms with Crippen molar-refractivity contribution in [1.82, 2.24) is 25.0 Å². The van der Waals surface area contributed by atoms with Crippen LogP contribution in [0.3, 0.4) is 0 Å². The second kappa shape index (κ2) is 7.05. The zero-order valence-electron chi connectivity index (χ0n) is 17.2. The fourth-order valence-electron chi connectivity index (χ4n) is 3.94. The van der Waals surface area contributed by atoms with Gasteiger partial charge < -0.3 is 16.8 Å². The Hall–Kier alpha value is -4.01. The Morgan fingerprint density at radius 1 is 1.13 bits per heavy atom. The summed E-state index contributed by atoms with van der Waals surface area (Å²) in [6, 6.07) is 5.58. The number of hydrogen-bond acceptors (Lipinski definition) is 7. The second-order valence-electron chi connectivity index (χ2n) is 8.02. The molecule has 31 heavy (non-hydrogen) atoms. The molecule has 9 nitrogen and oxygen atoms in total. The molecule has 1 amide bonds. The number of rotatable bonds is 4. The lowest BCUT2D eigenvalue weighted by Gasteiger charge is -2.11. The van der Waals surface area contributed by atoms with Gasteiger partial charge in [0.2, 0.25) is 5.91 Å². The van der Waals surface area contributed by atoms with Gasteiger partial charge in [-0.3, -0.25) is 14.5 Å². The minimum atomic E-state index is -0.0841. The zero-order chi connectivity index (χ0) is 21.7. The molecule has 1 fully saturated rings. The molecule has 0 saturated heterocycles. The average Bonchev–Trinajstić information content (AvgIpc) is 3.43. The molecule has 1 aliphatic rings. The maximum atomic E-state index is 12.7. The van der Waals surface area contributed by atoms with Crippen molar-refractivity contribution < 1.29 is 4.79 Å². The summed E-state index contributed by atoms with van der Waals surface area (Å²) in [6.07, 6.45) is 7.95. The molecule has 0 spiro atoms. The van der Waals surface area contributed by atoms with Crippen molar-refractivity contribution in [2.75, 3.05) is 16.8 Å². The fourth-order valence-corrected chi connectivity index (χ4v) is 3.94. The van der Waals surface area contributed by atoms with E-state index in [0.29, 0.717) is 22.7 Å². The van der Waals surface area contributed by atoms with E-state index in [1.54, 1.807) is 23.1 Å². The molecule has 1 aromatic carbocycles. The van der Waals surface area contributed by atoms with Crippen LogP contribution in [0.2, 0.25) is 0 Å². The molecule has 9 heteroatoms. The number of nitrogen functional groups attached to an aromatic ring is 2. The number of anilines is 3. The molecule has 0 bridgehead atoms. The van der Waals surface area contributed by atoms with Crippen LogP contribution >= 0.6 is 0 Å². The van der Waals surface area contributed by atoms with E-state index < -0.39 is 0 Å². The van der Waals surface area contributed by atoms with Crippen molar-refractivity contribution in [3.8, 4) is 11.1 Å². The number of pyridine rings is 1. The molecule has 0 radical (unpaired) electrons. The third kappa shape index (κ3) is 3.43. The maximum absolute atomic E-state index is 12.7. The Morgan fingerprint density at radius 3 is 2.74 bits per heavy atom. The molecule has 4 aromatic rings. The first-order valence-electron chi connectivity index (χ1n) is 9.97. The second-order valence-corrected chi connectivity index (χ2v) is 8.02. The number of fused-ring (bicyclic) bond motifs is 1. The van der Waals surface area contributed by atoms with Crippen molar-refractivity contribution in [2.24, 2.45) is 13.0 Å². The quantitative estimate of drug-likeness (QED) is 0.436. The summed E-state index contributed by atoms with van der Waals surface area (Å²) in [7, 11) is 1.87. The number of carbonyl (C=O) groups excluding carboxylic acids is 1. The van der Waals surface area contributed by atoms with Gasteiger partial charge in [-0.25, -0.2) is 0 Å². The third-order valence-corrected chi connectivity index (χ3v) is 5.82. The van der Waals surface area contributed by atoms with Crippen LogP contribution in [0.25, 0.3) is 22.0 Å². The number of hydrogen-bond donors (Lipinski definition) is 3. The van der Waals surface area contributed by atoms with Crippen molar-refractivity contribution in [2.45, 2.75) is 19.3 Å². The van der Waals surface area contributed by atoms with Crippen molar-refractivity contribution in [3.63, 3.8) is 0 Å². The number of carbonyl (C=O) groups is 1. The smallest absolute Gasteiger partial charge is 0.229 e. The van der Waals surface area contributed by atoms with Gasteiger partial charge in [0, 0.05) is 36.3 Å². The number of benzene rings is 1. The van der Waals surface area contributed by atoms with E-state index in [0.717, 1.165) is 34.1 Å². The molecular weight excluding hydrogens is 392 g/mol. The summed E-state index contributed by atoms with van der Waals surface area (Å²) in [4.78, 5) is 16.9. The number of nitrogens with zero attached hydrogens (tertiary/aromatic N) is 5. The number of amides is 1. The Bertz CT molecular complexity index is 1330. The topological polar surface area (TPSA) is 138 Å². The molecule has 156 valence electrons. The van der Waals surface area contributed by atoms with Crippen LogP contribution in [0.5, 0.6) is 0 Å². The predicted octanol–water partition coefficient (Wildman–Crippen LogP) is 2.64. The number of aryl methyl sites for hydroxylation is 1. The molecule has 1 aliphatic carbocycles. The predicted molar refractivity (Wildman–Crippen MR) is 119 cm³/mol. The summed E-state index contributed by atoms with van der Waals surface area (Å²) in [5.41, 5.74) is 17.7. The van der Waals surface area contributed by atoms with Crippen LogP contribution in [-0.4, -0.2) is 30.9 Å². The summed E-state index contributed by atoms with van der Waals surface area (Å²) in [6.45, 7) is 1.94. The van der Waals surface area contributed by atoms with Gasteiger partial charge in [0.25, 0.3) is 0 Å². The molecule has 0 unspecified atom stereocenters. The molecule has 5 N–H and O–H groups in total. The molecule has 3 aromatic heterocycles. The first-order chi connectivity index (χ1) is 14.9. The molecule has 2 atom stereocenters. The number of aromatic nitrogens is 5. The lowest BCUT2D eigenvalue weighted by molar-refractivity contribution is -0.117. The van der Waals surface area contributed by atoms with Gasteiger partial charge in [-0.1, -0.05) is 0 Å². The largest absolute Gasteiger partial charge is 0.397 e. The van der Waals surface area contributed by atoms with Gasteiger partial charge in [0.1, 0.15) is 5.52 Å². The normalized spacial score (nSPS) is 17.6. The first kappa shape index (κ1) is 19.0. The van der Waals surface area contributed by atoms with Crippen molar-refractivity contribution in [1.29, 1.82) is 0 Å². The highest BCUT2D eigenvalue weighted by molar-refractivity contribution is 5.98. The van der Waals surface area contributed by atoms with Crippen LogP contribution in [-0.2, 0) is 11.8 Å². The summed E-state index contributed by atoms with van der Waals surface area (Å²) >= 11 is 0. The fraction of sp³-hybridized carbons (Fsp3) is 0.227.